The van der Waals surface area contributed by atoms with Crippen molar-refractivity contribution in [2.24, 2.45) is 0 Å². The number of benzene rings is 1. The lowest BCUT2D eigenvalue weighted by atomic mass is 10.1. The molecule has 0 radical (unpaired) electrons. The van der Waals surface area contributed by atoms with Crippen LogP contribution in [0.25, 0.3) is 0 Å². The fourth-order valence-electron chi connectivity index (χ4n) is 4.55. The molecule has 0 bridgehead atoms. The molecule has 0 unspecified atom stereocenters. The number of aromatic nitrogens is 4. The lowest BCUT2D eigenvalue weighted by Gasteiger charge is -2.37. The van der Waals surface area contributed by atoms with Crippen LogP contribution in [0.2, 0.25) is 0 Å². The zero-order valence-electron chi connectivity index (χ0n) is 15.4. The number of rotatable bonds is 5. The van der Waals surface area contributed by atoms with Gasteiger partial charge in [-0.05, 0) is 47.5 Å². The Morgan fingerprint density at radius 1 is 1.15 bits per heavy atom. The van der Waals surface area contributed by atoms with Gasteiger partial charge in [-0.15, -0.1) is 5.10 Å². The summed E-state index contributed by atoms with van der Waals surface area (Å²) in [6.07, 6.45) is 6.00. The number of anilines is 1. The van der Waals surface area contributed by atoms with Crippen LogP contribution in [0.4, 0.5) is 10.1 Å². The molecule has 2 aromatic rings. The van der Waals surface area contributed by atoms with E-state index >= 15 is 0 Å². The molecule has 1 aliphatic carbocycles. The van der Waals surface area contributed by atoms with Gasteiger partial charge >= 0.3 is 0 Å². The number of hydrogen-bond donors (Lipinski definition) is 1. The van der Waals surface area contributed by atoms with Gasteiger partial charge in [-0.25, -0.2) is 9.07 Å². The highest BCUT2D eigenvalue weighted by Gasteiger charge is 2.33. The molecular weight excluding hydrogens is 331 g/mol. The number of tetrazole rings is 1. The highest BCUT2D eigenvalue weighted by Crippen LogP contribution is 2.30. The fraction of sp³-hybridized carbons (Fsp3) is 0.632. The molecule has 140 valence electrons. The third kappa shape index (κ3) is 3.45. The normalized spacial score (nSPS) is 20.6. The molecule has 1 aromatic heterocycles. The van der Waals surface area contributed by atoms with E-state index in [4.69, 9.17) is 0 Å². The highest BCUT2D eigenvalue weighted by molar-refractivity contribution is 5.46. The number of hydrogen-bond acceptors (Lipinski definition) is 4. The highest BCUT2D eigenvalue weighted by atomic mass is 19.1. The zero-order valence-corrected chi connectivity index (χ0v) is 15.4. The average molecular weight is 359 g/mol. The van der Waals surface area contributed by atoms with E-state index in [1.807, 2.05) is 12.1 Å². The lowest BCUT2D eigenvalue weighted by molar-refractivity contribution is -0.933. The van der Waals surface area contributed by atoms with Crippen molar-refractivity contribution in [2.45, 2.75) is 51.1 Å². The van der Waals surface area contributed by atoms with Crippen LogP contribution in [-0.4, -0.2) is 46.4 Å². The monoisotopic (exact) mass is 359 g/mol. The smallest absolute Gasteiger partial charge is 0.209 e. The summed E-state index contributed by atoms with van der Waals surface area (Å²) in [5, 5.41) is 12.8. The minimum absolute atomic E-state index is 0.178. The molecule has 1 saturated heterocycles. The summed E-state index contributed by atoms with van der Waals surface area (Å²) in [6, 6.07) is 7.66. The molecule has 0 spiro atoms. The summed E-state index contributed by atoms with van der Waals surface area (Å²) in [4.78, 5) is 3.90. The summed E-state index contributed by atoms with van der Waals surface area (Å²) < 4.78 is 15.3. The minimum Gasteiger partial charge on any atom is -0.360 e. The van der Waals surface area contributed by atoms with Gasteiger partial charge in [-0.3, -0.25) is 0 Å². The Morgan fingerprint density at radius 3 is 2.50 bits per heavy atom. The molecule has 0 amide bonds. The van der Waals surface area contributed by atoms with Gasteiger partial charge in [0.1, 0.15) is 11.9 Å². The number of nitrogens with one attached hydrogen (secondary N) is 1. The van der Waals surface area contributed by atoms with Crippen molar-refractivity contribution in [1.82, 2.24) is 20.2 Å². The second kappa shape index (κ2) is 7.70. The van der Waals surface area contributed by atoms with Gasteiger partial charge in [-0.1, -0.05) is 19.8 Å². The molecule has 1 aromatic carbocycles. The topological polar surface area (TPSA) is 51.3 Å². The lowest BCUT2D eigenvalue weighted by Crippen LogP contribution is -3.15. The van der Waals surface area contributed by atoms with Gasteiger partial charge in [0.15, 0.2) is 0 Å². The molecule has 26 heavy (non-hydrogen) atoms. The third-order valence-corrected chi connectivity index (χ3v) is 6.00. The van der Waals surface area contributed by atoms with E-state index in [-0.39, 0.29) is 5.82 Å². The first kappa shape index (κ1) is 17.4. The molecule has 4 rings (SSSR count). The zero-order chi connectivity index (χ0) is 17.9. The van der Waals surface area contributed by atoms with Gasteiger partial charge in [0.2, 0.25) is 5.82 Å². The molecule has 2 aliphatic rings. The summed E-state index contributed by atoms with van der Waals surface area (Å²) in [6.45, 7) is 6.28. The predicted molar refractivity (Wildman–Crippen MR) is 97.7 cm³/mol. The number of piperazine rings is 1. The van der Waals surface area contributed by atoms with Gasteiger partial charge in [0.25, 0.3) is 0 Å². The second-order valence-electron chi connectivity index (χ2n) is 7.50. The molecule has 1 saturated carbocycles. The summed E-state index contributed by atoms with van der Waals surface area (Å²) in [5.74, 6) is 0.882. The van der Waals surface area contributed by atoms with Crippen molar-refractivity contribution in [3.05, 3.63) is 35.9 Å². The molecular formula is C19H28FN6+. The van der Waals surface area contributed by atoms with Gasteiger partial charge in [0.05, 0.1) is 32.2 Å². The Kier molecular flexibility index (Phi) is 5.15. The maximum atomic E-state index is 13.1. The number of halogens is 1. The molecule has 1 N–H and O–H groups in total. The summed E-state index contributed by atoms with van der Waals surface area (Å²) in [5.41, 5.74) is 1.11. The summed E-state index contributed by atoms with van der Waals surface area (Å²) in [7, 11) is 0. The SMILES string of the molecule is CC[C@H](c1nnnn1C1CCCC1)[NH+]1CCN(c2ccc(F)cc2)CC1. The van der Waals surface area contributed by atoms with E-state index in [0.29, 0.717) is 12.1 Å². The van der Waals surface area contributed by atoms with Crippen LogP contribution >= 0.6 is 0 Å². The maximum absolute atomic E-state index is 13.1. The fourth-order valence-corrected chi connectivity index (χ4v) is 4.55. The van der Waals surface area contributed by atoms with Crippen LogP contribution in [0.3, 0.4) is 0 Å². The van der Waals surface area contributed by atoms with Crippen molar-refractivity contribution >= 4 is 5.69 Å². The average Bonchev–Trinajstić information content (AvgIpc) is 3.35. The third-order valence-electron chi connectivity index (χ3n) is 6.00. The van der Waals surface area contributed by atoms with E-state index in [1.165, 1.54) is 25.7 Å². The van der Waals surface area contributed by atoms with Crippen LogP contribution in [0, 0.1) is 5.82 Å². The Labute approximate surface area is 154 Å². The minimum atomic E-state index is -0.178. The summed E-state index contributed by atoms with van der Waals surface area (Å²) >= 11 is 0. The van der Waals surface area contributed by atoms with E-state index in [2.05, 4.69) is 32.0 Å². The van der Waals surface area contributed by atoms with E-state index in [1.54, 1.807) is 17.0 Å². The van der Waals surface area contributed by atoms with Gasteiger partial charge < -0.3 is 9.80 Å². The van der Waals surface area contributed by atoms with E-state index < -0.39 is 0 Å². The molecule has 2 heterocycles. The number of quaternary nitrogens is 1. The van der Waals surface area contributed by atoms with Crippen LogP contribution in [0.15, 0.2) is 24.3 Å². The quantitative estimate of drug-likeness (QED) is 0.884. The van der Waals surface area contributed by atoms with Gasteiger partial charge in [0, 0.05) is 12.1 Å². The van der Waals surface area contributed by atoms with Crippen LogP contribution in [0.1, 0.15) is 56.9 Å². The van der Waals surface area contributed by atoms with Gasteiger partial charge in [-0.2, -0.15) is 0 Å². The Balaban J connectivity index is 1.44. The molecule has 1 aliphatic heterocycles. The van der Waals surface area contributed by atoms with E-state index in [0.717, 1.165) is 44.1 Å². The van der Waals surface area contributed by atoms with Crippen LogP contribution in [-0.2, 0) is 0 Å². The second-order valence-corrected chi connectivity index (χ2v) is 7.50. The molecule has 7 heteroatoms. The largest absolute Gasteiger partial charge is 0.360 e. The Bertz CT molecular complexity index is 701. The molecule has 6 nitrogen and oxygen atoms in total. The van der Waals surface area contributed by atoms with Crippen molar-refractivity contribution in [1.29, 1.82) is 0 Å². The Hall–Kier alpha value is -2.02. The number of nitrogens with zero attached hydrogens (tertiary/aromatic N) is 5. The predicted octanol–water partition coefficient (Wildman–Crippen LogP) is 1.78. The standard InChI is InChI=1S/C19H27FN6/c1-2-18(19-21-22-23-26(19)17-5-3-4-6-17)25-13-11-24(12-14-25)16-9-7-15(20)8-10-16/h7-10,17-18H,2-6,11-14H2,1H3/p+1/t18-/m1/s1. The maximum Gasteiger partial charge on any atom is 0.209 e. The van der Waals surface area contributed by atoms with Crippen molar-refractivity contribution < 1.29 is 9.29 Å². The van der Waals surface area contributed by atoms with Crippen molar-refractivity contribution in [3.8, 4) is 0 Å². The van der Waals surface area contributed by atoms with Crippen LogP contribution in [0.5, 0.6) is 0 Å². The first-order valence-electron chi connectivity index (χ1n) is 9.89. The molecule has 1 atom stereocenters. The van der Waals surface area contributed by atoms with Crippen molar-refractivity contribution in [3.63, 3.8) is 0 Å². The van der Waals surface area contributed by atoms with Crippen molar-refractivity contribution in [2.75, 3.05) is 31.1 Å². The molecule has 2 fully saturated rings. The van der Waals surface area contributed by atoms with E-state index in [9.17, 15) is 4.39 Å². The first-order valence-corrected chi connectivity index (χ1v) is 9.89. The first-order chi connectivity index (χ1) is 12.8. The Morgan fingerprint density at radius 2 is 1.85 bits per heavy atom. The van der Waals surface area contributed by atoms with Crippen LogP contribution < -0.4 is 9.80 Å².